The number of aryl methyl sites for hydroxylation is 1. The number of amides is 1. The van der Waals surface area contributed by atoms with Crippen LogP contribution in [0.3, 0.4) is 0 Å². The molecule has 6 nitrogen and oxygen atoms in total. The zero-order valence-electron chi connectivity index (χ0n) is 13.8. The summed E-state index contributed by atoms with van der Waals surface area (Å²) in [5.41, 5.74) is 1.82. The van der Waals surface area contributed by atoms with Gasteiger partial charge in [-0.3, -0.25) is 9.69 Å². The standard InChI is InChI=1S/C18H19BrN2O4/c1-13-10-15(19)17(20-11-13)21(9-5-8-16(22)23)18(24)25-12-14-6-3-2-4-7-14/h2-4,6-7,10-11H,5,8-9,12H2,1H3,(H,22,23). The van der Waals surface area contributed by atoms with E-state index in [1.54, 1.807) is 6.20 Å². The van der Waals surface area contributed by atoms with Crippen LogP contribution >= 0.6 is 15.9 Å². The van der Waals surface area contributed by atoms with Crippen molar-refractivity contribution in [3.8, 4) is 0 Å². The summed E-state index contributed by atoms with van der Waals surface area (Å²) in [7, 11) is 0. The Labute approximate surface area is 154 Å². The van der Waals surface area contributed by atoms with Crippen molar-refractivity contribution in [2.24, 2.45) is 0 Å². The summed E-state index contributed by atoms with van der Waals surface area (Å²) in [5.74, 6) is -0.498. The van der Waals surface area contributed by atoms with E-state index in [1.165, 1.54) is 4.90 Å². The molecule has 1 aromatic heterocycles. The van der Waals surface area contributed by atoms with Crippen molar-refractivity contribution >= 4 is 33.8 Å². The number of aromatic nitrogens is 1. The molecule has 1 aromatic carbocycles. The minimum atomic E-state index is -0.909. The highest BCUT2D eigenvalue weighted by Crippen LogP contribution is 2.25. The third-order valence-electron chi connectivity index (χ3n) is 3.41. The van der Waals surface area contributed by atoms with Crippen LogP contribution in [0.25, 0.3) is 0 Å². The molecule has 25 heavy (non-hydrogen) atoms. The zero-order chi connectivity index (χ0) is 18.2. The lowest BCUT2D eigenvalue weighted by Crippen LogP contribution is -2.33. The maximum absolute atomic E-state index is 12.5. The molecule has 0 aliphatic rings. The van der Waals surface area contributed by atoms with E-state index in [0.29, 0.717) is 16.7 Å². The average Bonchev–Trinajstić information content (AvgIpc) is 2.58. The average molecular weight is 407 g/mol. The van der Waals surface area contributed by atoms with Crippen molar-refractivity contribution in [2.75, 3.05) is 11.4 Å². The summed E-state index contributed by atoms with van der Waals surface area (Å²) in [5, 5.41) is 8.82. The molecular weight excluding hydrogens is 388 g/mol. The molecule has 2 rings (SSSR count). The van der Waals surface area contributed by atoms with Crippen LogP contribution in [0.15, 0.2) is 47.1 Å². The van der Waals surface area contributed by atoms with Crippen LogP contribution in [-0.2, 0) is 16.1 Å². The molecular formula is C18H19BrN2O4. The van der Waals surface area contributed by atoms with E-state index in [-0.39, 0.29) is 19.6 Å². The van der Waals surface area contributed by atoms with Gasteiger partial charge in [-0.05, 0) is 46.5 Å². The van der Waals surface area contributed by atoms with Gasteiger partial charge in [-0.2, -0.15) is 0 Å². The Hall–Kier alpha value is -2.41. The van der Waals surface area contributed by atoms with Crippen LogP contribution < -0.4 is 4.90 Å². The maximum atomic E-state index is 12.5. The van der Waals surface area contributed by atoms with Gasteiger partial charge in [0.05, 0.1) is 4.47 Å². The van der Waals surface area contributed by atoms with Crippen molar-refractivity contribution in [1.29, 1.82) is 0 Å². The Balaban J connectivity index is 2.12. The van der Waals surface area contributed by atoms with Gasteiger partial charge in [-0.15, -0.1) is 0 Å². The first-order chi connectivity index (χ1) is 12.0. The van der Waals surface area contributed by atoms with E-state index in [4.69, 9.17) is 9.84 Å². The van der Waals surface area contributed by atoms with Crippen LogP contribution in [0.1, 0.15) is 24.0 Å². The summed E-state index contributed by atoms with van der Waals surface area (Å²) in [6.07, 6.45) is 1.35. The largest absolute Gasteiger partial charge is 0.481 e. The quantitative estimate of drug-likeness (QED) is 0.746. The second-order valence-corrected chi connectivity index (χ2v) is 6.36. The molecule has 0 unspecified atom stereocenters. The van der Waals surface area contributed by atoms with Crippen LogP contribution in [-0.4, -0.2) is 28.7 Å². The third-order valence-corrected chi connectivity index (χ3v) is 4.00. The Kier molecular flexibility index (Phi) is 6.94. The lowest BCUT2D eigenvalue weighted by atomic mass is 10.2. The Morgan fingerprint density at radius 3 is 2.64 bits per heavy atom. The third kappa shape index (κ3) is 5.86. The minimum Gasteiger partial charge on any atom is -0.481 e. The van der Waals surface area contributed by atoms with Crippen LogP contribution in [0.4, 0.5) is 10.6 Å². The second-order valence-electron chi connectivity index (χ2n) is 5.51. The van der Waals surface area contributed by atoms with Gasteiger partial charge in [0, 0.05) is 19.2 Å². The van der Waals surface area contributed by atoms with Gasteiger partial charge in [0.1, 0.15) is 6.61 Å². The van der Waals surface area contributed by atoms with Crippen molar-refractivity contribution in [3.05, 3.63) is 58.2 Å². The number of ether oxygens (including phenoxy) is 1. The Bertz CT molecular complexity index is 737. The van der Waals surface area contributed by atoms with Gasteiger partial charge < -0.3 is 9.84 Å². The molecule has 0 saturated carbocycles. The number of aliphatic carboxylic acids is 1. The summed E-state index contributed by atoms with van der Waals surface area (Å²) in [4.78, 5) is 28.9. The summed E-state index contributed by atoms with van der Waals surface area (Å²) >= 11 is 3.40. The first-order valence-corrected chi connectivity index (χ1v) is 8.59. The number of carbonyl (C=O) groups is 2. The first kappa shape index (κ1) is 18.9. The number of carbonyl (C=O) groups excluding carboxylic acids is 1. The molecule has 0 saturated heterocycles. The first-order valence-electron chi connectivity index (χ1n) is 7.79. The molecule has 1 N–H and O–H groups in total. The molecule has 0 aliphatic heterocycles. The van der Waals surface area contributed by atoms with Crippen molar-refractivity contribution < 1.29 is 19.4 Å². The van der Waals surface area contributed by atoms with Gasteiger partial charge in [-0.25, -0.2) is 9.78 Å². The molecule has 0 fully saturated rings. The monoisotopic (exact) mass is 406 g/mol. The number of rotatable bonds is 7. The van der Waals surface area contributed by atoms with Crippen LogP contribution in [0, 0.1) is 6.92 Å². The number of hydrogen-bond donors (Lipinski definition) is 1. The molecule has 2 aromatic rings. The zero-order valence-corrected chi connectivity index (χ0v) is 15.4. The number of hydrogen-bond acceptors (Lipinski definition) is 4. The van der Waals surface area contributed by atoms with Gasteiger partial charge in [0.15, 0.2) is 5.82 Å². The van der Waals surface area contributed by atoms with Crippen molar-refractivity contribution in [3.63, 3.8) is 0 Å². The smallest absolute Gasteiger partial charge is 0.415 e. The Morgan fingerprint density at radius 2 is 2.00 bits per heavy atom. The van der Waals surface area contributed by atoms with E-state index in [1.807, 2.05) is 43.3 Å². The fraction of sp³-hybridized carbons (Fsp3) is 0.278. The SMILES string of the molecule is Cc1cnc(N(CCCC(=O)O)C(=O)OCc2ccccc2)c(Br)c1. The normalized spacial score (nSPS) is 10.3. The number of anilines is 1. The predicted octanol–water partition coefficient (Wildman–Crippen LogP) is 4.16. The van der Waals surface area contributed by atoms with Crippen LogP contribution in [0.5, 0.6) is 0 Å². The molecule has 0 radical (unpaired) electrons. The highest BCUT2D eigenvalue weighted by molar-refractivity contribution is 9.10. The summed E-state index contributed by atoms with van der Waals surface area (Å²) in [6, 6.07) is 11.2. The van der Waals surface area contributed by atoms with Gasteiger partial charge >= 0.3 is 12.1 Å². The molecule has 0 bridgehead atoms. The van der Waals surface area contributed by atoms with Crippen molar-refractivity contribution in [2.45, 2.75) is 26.4 Å². The molecule has 0 aliphatic carbocycles. The number of halogens is 1. The number of benzene rings is 1. The van der Waals surface area contributed by atoms with Crippen LogP contribution in [0.2, 0.25) is 0 Å². The van der Waals surface area contributed by atoms with E-state index >= 15 is 0 Å². The molecule has 0 atom stereocenters. The Morgan fingerprint density at radius 1 is 1.28 bits per heavy atom. The summed E-state index contributed by atoms with van der Waals surface area (Å²) in [6.45, 7) is 2.23. The minimum absolute atomic E-state index is 0.0358. The van der Waals surface area contributed by atoms with E-state index in [2.05, 4.69) is 20.9 Å². The van der Waals surface area contributed by atoms with Crippen molar-refractivity contribution in [1.82, 2.24) is 4.98 Å². The van der Waals surface area contributed by atoms with Gasteiger partial charge in [0.2, 0.25) is 0 Å². The van der Waals surface area contributed by atoms with Gasteiger partial charge in [0.25, 0.3) is 0 Å². The van der Waals surface area contributed by atoms with E-state index in [9.17, 15) is 9.59 Å². The maximum Gasteiger partial charge on any atom is 0.415 e. The molecule has 1 amide bonds. The highest BCUT2D eigenvalue weighted by atomic mass is 79.9. The number of nitrogens with zero attached hydrogens (tertiary/aromatic N) is 2. The number of carboxylic acids is 1. The number of carboxylic acid groups (broad SMARTS) is 1. The lowest BCUT2D eigenvalue weighted by Gasteiger charge is -2.22. The number of pyridine rings is 1. The van der Waals surface area contributed by atoms with Gasteiger partial charge in [-0.1, -0.05) is 30.3 Å². The highest BCUT2D eigenvalue weighted by Gasteiger charge is 2.21. The molecule has 7 heteroatoms. The molecule has 0 spiro atoms. The lowest BCUT2D eigenvalue weighted by molar-refractivity contribution is -0.137. The summed E-state index contributed by atoms with van der Waals surface area (Å²) < 4.78 is 6.02. The fourth-order valence-corrected chi connectivity index (χ4v) is 2.87. The fourth-order valence-electron chi connectivity index (χ4n) is 2.19. The second kappa shape index (κ2) is 9.17. The topological polar surface area (TPSA) is 79.7 Å². The predicted molar refractivity (Wildman–Crippen MR) is 97.5 cm³/mol. The molecule has 132 valence electrons. The van der Waals surface area contributed by atoms with E-state index < -0.39 is 12.1 Å². The molecule has 1 heterocycles. The van der Waals surface area contributed by atoms with E-state index in [0.717, 1.165) is 11.1 Å².